The normalized spacial score (nSPS) is 28.9. The number of rotatable bonds is 14. The van der Waals surface area contributed by atoms with Crippen molar-refractivity contribution in [1.82, 2.24) is 9.80 Å². The Morgan fingerprint density at radius 1 is 1.16 bits per heavy atom. The fraction of sp³-hybridized carbons (Fsp3) is 0.606. The zero-order chi connectivity index (χ0) is 31.6. The lowest BCUT2D eigenvalue weighted by atomic mass is 9.70. The topological polar surface area (TPSA) is 99.6 Å². The van der Waals surface area contributed by atoms with Crippen molar-refractivity contribution in [2.45, 2.75) is 82.1 Å². The summed E-state index contributed by atoms with van der Waals surface area (Å²) in [5, 5.41) is 10.6. The van der Waals surface area contributed by atoms with Crippen molar-refractivity contribution in [3.05, 3.63) is 49.6 Å². The highest BCUT2D eigenvalue weighted by Crippen LogP contribution is 2.61. The van der Waals surface area contributed by atoms with Gasteiger partial charge in [0.05, 0.1) is 37.2 Å². The molecule has 43 heavy (non-hydrogen) atoms. The zero-order valence-corrected chi connectivity index (χ0v) is 27.5. The average molecular weight is 661 g/mol. The largest absolute Gasteiger partial charge is 0.494 e. The molecule has 0 saturated carbocycles. The van der Waals surface area contributed by atoms with Crippen molar-refractivity contribution in [3.63, 3.8) is 0 Å². The second-order valence-electron chi connectivity index (χ2n) is 12.1. The average Bonchev–Trinajstić information content (AvgIpc) is 3.58. The number of aliphatic hydroxyl groups is 1. The van der Waals surface area contributed by atoms with E-state index in [1.54, 1.807) is 26.9 Å². The molecule has 3 heterocycles. The molecule has 3 unspecified atom stereocenters. The van der Waals surface area contributed by atoms with Crippen LogP contribution >= 0.6 is 15.9 Å². The summed E-state index contributed by atoms with van der Waals surface area (Å²) in [7, 11) is 0. The first-order chi connectivity index (χ1) is 20.5. The third kappa shape index (κ3) is 5.66. The van der Waals surface area contributed by atoms with Crippen LogP contribution in [-0.4, -0.2) is 93.6 Å². The summed E-state index contributed by atoms with van der Waals surface area (Å²) in [6.07, 6.45) is 3.82. The molecular weight excluding hydrogens is 614 g/mol. The number of carbonyl (C=O) groups excluding carboxylic acids is 3. The lowest BCUT2D eigenvalue weighted by Crippen LogP contribution is -2.60. The van der Waals surface area contributed by atoms with Gasteiger partial charge in [0, 0.05) is 29.6 Å². The van der Waals surface area contributed by atoms with E-state index in [-0.39, 0.29) is 47.7 Å². The van der Waals surface area contributed by atoms with E-state index in [1.807, 2.05) is 58.9 Å². The number of anilines is 1. The SMILES string of the molecule is C=CCN(C(=O)[C@H]1[C@H]2C(=O)N([C@@H](CO)[C@@H](C)CC)C(C(=O)N(CC=C)C(C)C)C23CC(Br)[C@@H]1O3)c1ccc(OCC)cc1. The van der Waals surface area contributed by atoms with Gasteiger partial charge in [-0.3, -0.25) is 14.4 Å². The summed E-state index contributed by atoms with van der Waals surface area (Å²) < 4.78 is 12.3. The van der Waals surface area contributed by atoms with E-state index in [4.69, 9.17) is 9.47 Å². The molecule has 3 fully saturated rings. The Balaban J connectivity index is 1.82. The van der Waals surface area contributed by atoms with Gasteiger partial charge in [-0.2, -0.15) is 0 Å². The number of amides is 3. The van der Waals surface area contributed by atoms with Crippen LogP contribution in [0.15, 0.2) is 49.6 Å². The fourth-order valence-corrected chi connectivity index (χ4v) is 8.12. The number of alkyl halides is 1. The first kappa shape index (κ1) is 33.2. The Bertz CT molecular complexity index is 1210. The van der Waals surface area contributed by atoms with E-state index < -0.39 is 35.6 Å². The lowest BCUT2D eigenvalue weighted by Gasteiger charge is -2.41. The van der Waals surface area contributed by atoms with Crippen molar-refractivity contribution in [2.75, 3.05) is 31.2 Å². The van der Waals surface area contributed by atoms with Gasteiger partial charge in [-0.05, 0) is 57.4 Å². The molecular formula is C33H46BrN3O6. The molecule has 1 spiro atoms. The van der Waals surface area contributed by atoms with Crippen molar-refractivity contribution < 1.29 is 29.0 Å². The number of halogens is 1. The van der Waals surface area contributed by atoms with E-state index in [0.29, 0.717) is 37.4 Å². The number of benzene rings is 1. The summed E-state index contributed by atoms with van der Waals surface area (Å²) in [4.78, 5) is 48.3. The van der Waals surface area contributed by atoms with Gasteiger partial charge >= 0.3 is 0 Å². The molecule has 9 nitrogen and oxygen atoms in total. The van der Waals surface area contributed by atoms with Crippen LogP contribution in [-0.2, 0) is 19.1 Å². The summed E-state index contributed by atoms with van der Waals surface area (Å²) in [6.45, 7) is 18.2. The van der Waals surface area contributed by atoms with Crippen LogP contribution in [0.1, 0.15) is 47.5 Å². The van der Waals surface area contributed by atoms with Gasteiger partial charge in [-0.1, -0.05) is 48.4 Å². The van der Waals surface area contributed by atoms with Gasteiger partial charge in [0.1, 0.15) is 17.4 Å². The van der Waals surface area contributed by atoms with Crippen LogP contribution in [0.25, 0.3) is 0 Å². The molecule has 3 saturated heterocycles. The number of fused-ring (bicyclic) bond motifs is 1. The minimum absolute atomic E-state index is 0.0846. The van der Waals surface area contributed by atoms with Crippen molar-refractivity contribution in [1.29, 1.82) is 0 Å². The minimum Gasteiger partial charge on any atom is -0.494 e. The highest BCUT2D eigenvalue weighted by Gasteiger charge is 2.77. The molecule has 8 atom stereocenters. The molecule has 0 radical (unpaired) electrons. The Labute approximate surface area is 264 Å². The molecule has 1 N–H and O–H groups in total. The Morgan fingerprint density at radius 3 is 2.35 bits per heavy atom. The molecule has 3 aliphatic heterocycles. The van der Waals surface area contributed by atoms with Crippen LogP contribution < -0.4 is 9.64 Å². The monoisotopic (exact) mass is 659 g/mol. The van der Waals surface area contributed by atoms with Crippen molar-refractivity contribution >= 4 is 39.3 Å². The first-order valence-corrected chi connectivity index (χ1v) is 16.3. The predicted octanol–water partition coefficient (Wildman–Crippen LogP) is 4.18. The summed E-state index contributed by atoms with van der Waals surface area (Å²) in [5.41, 5.74) is -0.572. The van der Waals surface area contributed by atoms with Gasteiger partial charge in [0.15, 0.2) is 0 Å². The number of likely N-dealkylation sites (tertiary alicyclic amines) is 1. The zero-order valence-electron chi connectivity index (χ0n) is 25.9. The standard InChI is InChI=1S/C33H46BrN3O6/c1-8-16-35(20(5)6)32(41)29-33-18-24(34)28(43-33)26(27(33)31(40)37(29)25(19-38)21(7)10-3)30(39)36(17-9-2)22-12-14-23(15-13-22)42-11-4/h8-9,12-15,20-21,24-29,38H,1-2,10-11,16-19H2,3-7H3/t21-,24?,25-,26-,27-,28-,29?,33?/m0/s1. The van der Waals surface area contributed by atoms with E-state index in [2.05, 4.69) is 29.1 Å². The maximum Gasteiger partial charge on any atom is 0.248 e. The molecule has 1 aromatic rings. The second-order valence-corrected chi connectivity index (χ2v) is 13.3. The highest BCUT2D eigenvalue weighted by atomic mass is 79.9. The van der Waals surface area contributed by atoms with Crippen molar-refractivity contribution in [2.24, 2.45) is 17.8 Å². The third-order valence-corrected chi connectivity index (χ3v) is 10.2. The Morgan fingerprint density at radius 2 is 1.81 bits per heavy atom. The third-order valence-electron chi connectivity index (χ3n) is 9.36. The number of aliphatic hydroxyl groups excluding tert-OH is 1. The van der Waals surface area contributed by atoms with E-state index in [9.17, 15) is 19.5 Å². The van der Waals surface area contributed by atoms with Gasteiger partial charge in [0.2, 0.25) is 17.7 Å². The van der Waals surface area contributed by atoms with Crippen molar-refractivity contribution in [3.8, 4) is 5.75 Å². The fourth-order valence-electron chi connectivity index (χ4n) is 7.17. The lowest BCUT2D eigenvalue weighted by molar-refractivity contribution is -0.153. The molecule has 2 bridgehead atoms. The number of carbonyl (C=O) groups is 3. The number of hydrogen-bond donors (Lipinski definition) is 1. The van der Waals surface area contributed by atoms with Crippen LogP contribution in [0.3, 0.4) is 0 Å². The van der Waals surface area contributed by atoms with Crippen LogP contribution in [0.4, 0.5) is 5.69 Å². The van der Waals surface area contributed by atoms with Crippen LogP contribution in [0, 0.1) is 17.8 Å². The second kappa shape index (κ2) is 13.5. The van der Waals surface area contributed by atoms with E-state index in [0.717, 1.165) is 0 Å². The maximum atomic E-state index is 14.6. The maximum absolute atomic E-state index is 14.6. The minimum atomic E-state index is -1.22. The van der Waals surface area contributed by atoms with Gasteiger partial charge < -0.3 is 29.3 Å². The molecule has 10 heteroatoms. The summed E-state index contributed by atoms with van der Waals surface area (Å²) >= 11 is 3.76. The molecule has 0 aliphatic carbocycles. The highest BCUT2D eigenvalue weighted by molar-refractivity contribution is 9.09. The first-order valence-electron chi connectivity index (χ1n) is 15.3. The molecule has 3 aliphatic rings. The predicted molar refractivity (Wildman–Crippen MR) is 170 cm³/mol. The quantitative estimate of drug-likeness (QED) is 0.238. The summed E-state index contributed by atoms with van der Waals surface area (Å²) in [5.74, 6) is -1.93. The summed E-state index contributed by atoms with van der Waals surface area (Å²) in [6, 6.07) is 5.50. The molecule has 236 valence electrons. The van der Waals surface area contributed by atoms with E-state index >= 15 is 0 Å². The van der Waals surface area contributed by atoms with Crippen LogP contribution in [0.5, 0.6) is 5.75 Å². The Kier molecular flexibility index (Phi) is 10.4. The number of ether oxygens (including phenoxy) is 2. The van der Waals surface area contributed by atoms with Gasteiger partial charge in [-0.15, -0.1) is 13.2 Å². The van der Waals surface area contributed by atoms with E-state index in [1.165, 1.54) is 0 Å². The number of nitrogens with zero attached hydrogens (tertiary/aromatic N) is 3. The van der Waals surface area contributed by atoms with Gasteiger partial charge in [0.25, 0.3) is 0 Å². The molecule has 1 aromatic carbocycles. The Hall–Kier alpha value is -2.69. The van der Waals surface area contributed by atoms with Gasteiger partial charge in [-0.25, -0.2) is 0 Å². The number of hydrogen-bond acceptors (Lipinski definition) is 6. The smallest absolute Gasteiger partial charge is 0.248 e. The molecule has 3 amide bonds. The molecule has 4 rings (SSSR count). The molecule has 0 aromatic heterocycles. The van der Waals surface area contributed by atoms with Crippen LogP contribution in [0.2, 0.25) is 0 Å².